The lowest BCUT2D eigenvalue weighted by Crippen LogP contribution is -1.82. The predicted molar refractivity (Wildman–Crippen MR) is 75.6 cm³/mol. The maximum Gasteiger partial charge on any atom is 0.121 e. The molecular weight excluding hydrogens is 252 g/mol. The molecule has 3 rings (SSSR count). The number of ether oxygens (including phenoxy) is 1. The Morgan fingerprint density at radius 1 is 1.12 bits per heavy atom. The van der Waals surface area contributed by atoms with Crippen LogP contribution >= 0.6 is 22.9 Å². The van der Waals surface area contributed by atoms with E-state index in [2.05, 4.69) is 25.1 Å². The highest BCUT2D eigenvalue weighted by molar-refractivity contribution is 7.26. The van der Waals surface area contributed by atoms with E-state index >= 15 is 0 Å². The van der Waals surface area contributed by atoms with Crippen molar-refractivity contribution < 1.29 is 4.74 Å². The summed E-state index contributed by atoms with van der Waals surface area (Å²) in [6, 6.07) is 10.3. The minimum atomic E-state index is 0.764. The van der Waals surface area contributed by atoms with E-state index in [9.17, 15) is 0 Å². The molecule has 0 atom stereocenters. The number of halogens is 1. The molecule has 0 radical (unpaired) electrons. The van der Waals surface area contributed by atoms with Crippen molar-refractivity contribution in [3.05, 3.63) is 40.9 Å². The number of thiophene rings is 1. The Morgan fingerprint density at radius 3 is 2.71 bits per heavy atom. The fraction of sp³-hybridized carbons (Fsp3) is 0.143. The molecule has 0 aliphatic heterocycles. The Bertz CT molecular complexity index is 715. The molecule has 3 heteroatoms. The lowest BCUT2D eigenvalue weighted by atomic mass is 10.1. The summed E-state index contributed by atoms with van der Waals surface area (Å²) < 4.78 is 7.70. The zero-order chi connectivity index (χ0) is 12.0. The van der Waals surface area contributed by atoms with Crippen molar-refractivity contribution in [3.63, 3.8) is 0 Å². The third-order valence-electron chi connectivity index (χ3n) is 2.97. The van der Waals surface area contributed by atoms with Gasteiger partial charge in [0.1, 0.15) is 5.75 Å². The maximum absolute atomic E-state index is 6.36. The second-order valence-electron chi connectivity index (χ2n) is 4.03. The average molecular weight is 263 g/mol. The zero-order valence-corrected chi connectivity index (χ0v) is 11.2. The molecule has 0 aliphatic carbocycles. The normalized spacial score (nSPS) is 11.2. The van der Waals surface area contributed by atoms with Crippen molar-refractivity contribution in [2.45, 2.75) is 6.92 Å². The number of fused-ring (bicyclic) bond motifs is 3. The highest BCUT2D eigenvalue weighted by Gasteiger charge is 2.11. The Kier molecular flexibility index (Phi) is 2.49. The molecule has 0 bridgehead atoms. The van der Waals surface area contributed by atoms with Gasteiger partial charge in [0, 0.05) is 20.2 Å². The van der Waals surface area contributed by atoms with E-state index in [4.69, 9.17) is 16.3 Å². The standard InChI is InChI=1S/C14H11ClOS/c1-8-4-3-5-11-13(8)14-10(15)6-9(16-2)7-12(14)17-11/h3-7H,1-2H3. The van der Waals surface area contributed by atoms with Gasteiger partial charge in [0.2, 0.25) is 0 Å². The average Bonchev–Trinajstić information content (AvgIpc) is 2.68. The van der Waals surface area contributed by atoms with Gasteiger partial charge < -0.3 is 4.74 Å². The van der Waals surface area contributed by atoms with Crippen LogP contribution in [-0.4, -0.2) is 7.11 Å². The van der Waals surface area contributed by atoms with Gasteiger partial charge in [-0.3, -0.25) is 0 Å². The largest absolute Gasteiger partial charge is 0.497 e. The summed E-state index contributed by atoms with van der Waals surface area (Å²) in [4.78, 5) is 0. The van der Waals surface area contributed by atoms with E-state index in [1.54, 1.807) is 18.4 Å². The van der Waals surface area contributed by atoms with Gasteiger partial charge >= 0.3 is 0 Å². The molecule has 0 fully saturated rings. The lowest BCUT2D eigenvalue weighted by molar-refractivity contribution is 0.415. The molecule has 0 spiro atoms. The molecule has 2 aromatic carbocycles. The van der Waals surface area contributed by atoms with E-state index < -0.39 is 0 Å². The Labute approximate surface area is 109 Å². The third kappa shape index (κ3) is 1.60. The van der Waals surface area contributed by atoms with Crippen LogP contribution in [0.5, 0.6) is 5.75 Å². The number of benzene rings is 2. The minimum absolute atomic E-state index is 0.764. The van der Waals surface area contributed by atoms with Gasteiger partial charge in [0.05, 0.1) is 12.1 Å². The molecule has 17 heavy (non-hydrogen) atoms. The lowest BCUT2D eigenvalue weighted by Gasteiger charge is -2.02. The second-order valence-corrected chi connectivity index (χ2v) is 5.52. The minimum Gasteiger partial charge on any atom is -0.497 e. The van der Waals surface area contributed by atoms with Crippen LogP contribution in [0.1, 0.15) is 5.56 Å². The number of methoxy groups -OCH3 is 1. The Balaban J connectivity index is 2.53. The van der Waals surface area contributed by atoms with Gasteiger partial charge in [-0.15, -0.1) is 11.3 Å². The van der Waals surface area contributed by atoms with Gasteiger partial charge in [0.25, 0.3) is 0 Å². The van der Waals surface area contributed by atoms with E-state index in [1.807, 2.05) is 12.1 Å². The van der Waals surface area contributed by atoms with Crippen molar-refractivity contribution in [2.24, 2.45) is 0 Å². The maximum atomic E-state index is 6.36. The van der Waals surface area contributed by atoms with Crippen LogP contribution in [0.3, 0.4) is 0 Å². The summed E-state index contributed by atoms with van der Waals surface area (Å²) in [7, 11) is 1.66. The molecule has 1 nitrogen and oxygen atoms in total. The van der Waals surface area contributed by atoms with E-state index in [0.29, 0.717) is 0 Å². The quantitative estimate of drug-likeness (QED) is 0.598. The molecule has 0 amide bonds. The van der Waals surface area contributed by atoms with Crippen molar-refractivity contribution in [1.29, 1.82) is 0 Å². The van der Waals surface area contributed by atoms with Crippen LogP contribution in [0.2, 0.25) is 5.02 Å². The van der Waals surface area contributed by atoms with Crippen LogP contribution in [0.25, 0.3) is 20.2 Å². The summed E-state index contributed by atoms with van der Waals surface area (Å²) in [5, 5.41) is 3.17. The smallest absolute Gasteiger partial charge is 0.121 e. The SMILES string of the molecule is COc1cc(Cl)c2c(c1)sc1cccc(C)c12. The fourth-order valence-electron chi connectivity index (χ4n) is 2.16. The summed E-state index contributed by atoms with van der Waals surface area (Å²) in [6.07, 6.45) is 0. The number of hydrogen-bond acceptors (Lipinski definition) is 2. The van der Waals surface area contributed by atoms with Gasteiger partial charge in [-0.25, -0.2) is 0 Å². The monoisotopic (exact) mass is 262 g/mol. The van der Waals surface area contributed by atoms with Gasteiger partial charge in [-0.2, -0.15) is 0 Å². The van der Waals surface area contributed by atoms with E-state index in [1.165, 1.54) is 20.3 Å². The molecule has 0 unspecified atom stereocenters. The number of hydrogen-bond donors (Lipinski definition) is 0. The Hall–Kier alpha value is -1.25. The zero-order valence-electron chi connectivity index (χ0n) is 9.58. The van der Waals surface area contributed by atoms with Crippen LogP contribution in [-0.2, 0) is 0 Å². The second kappa shape index (κ2) is 3.90. The highest BCUT2D eigenvalue weighted by atomic mass is 35.5. The third-order valence-corrected chi connectivity index (χ3v) is 4.37. The first-order valence-corrected chi connectivity index (χ1v) is 6.55. The molecule has 0 saturated carbocycles. The van der Waals surface area contributed by atoms with Crippen LogP contribution in [0, 0.1) is 6.92 Å². The van der Waals surface area contributed by atoms with Crippen molar-refractivity contribution in [3.8, 4) is 5.75 Å². The molecule has 0 saturated heterocycles. The van der Waals surface area contributed by atoms with Crippen LogP contribution < -0.4 is 4.74 Å². The molecule has 1 aromatic heterocycles. The van der Waals surface area contributed by atoms with Crippen LogP contribution in [0.4, 0.5) is 0 Å². The first kappa shape index (κ1) is 10.9. The van der Waals surface area contributed by atoms with Gasteiger partial charge in [-0.05, 0) is 30.7 Å². The first-order valence-electron chi connectivity index (χ1n) is 5.36. The molecule has 86 valence electrons. The molecule has 3 aromatic rings. The van der Waals surface area contributed by atoms with Gasteiger partial charge in [-0.1, -0.05) is 23.7 Å². The van der Waals surface area contributed by atoms with Crippen LogP contribution in [0.15, 0.2) is 30.3 Å². The summed E-state index contributed by atoms with van der Waals surface area (Å²) >= 11 is 8.12. The fourth-order valence-corrected chi connectivity index (χ4v) is 3.76. The number of rotatable bonds is 1. The summed E-state index contributed by atoms with van der Waals surface area (Å²) in [5.74, 6) is 0.812. The number of aryl methyl sites for hydroxylation is 1. The molecule has 0 N–H and O–H groups in total. The molecule has 1 heterocycles. The highest BCUT2D eigenvalue weighted by Crippen LogP contribution is 2.41. The van der Waals surface area contributed by atoms with Crippen molar-refractivity contribution in [1.82, 2.24) is 0 Å². The molecular formula is C14H11ClOS. The van der Waals surface area contributed by atoms with Crippen molar-refractivity contribution in [2.75, 3.05) is 7.11 Å². The summed E-state index contributed by atoms with van der Waals surface area (Å²) in [5.41, 5.74) is 1.26. The summed E-state index contributed by atoms with van der Waals surface area (Å²) in [6.45, 7) is 2.12. The van der Waals surface area contributed by atoms with Gasteiger partial charge in [0.15, 0.2) is 0 Å². The molecule has 0 aliphatic rings. The Morgan fingerprint density at radius 2 is 1.94 bits per heavy atom. The van der Waals surface area contributed by atoms with E-state index in [-0.39, 0.29) is 0 Å². The predicted octanol–water partition coefficient (Wildman–Crippen LogP) is 5.02. The topological polar surface area (TPSA) is 9.23 Å². The van der Waals surface area contributed by atoms with Crippen molar-refractivity contribution >= 4 is 43.1 Å². The first-order chi connectivity index (χ1) is 8.20. The van der Waals surface area contributed by atoms with E-state index in [0.717, 1.165) is 16.2 Å².